The third-order valence-corrected chi connectivity index (χ3v) is 12.0. The van der Waals surface area contributed by atoms with E-state index in [0.717, 1.165) is 70.6 Å². The molecule has 1 amide bonds. The Balaban J connectivity index is 3.54. The maximum absolute atomic E-state index is 12.4. The number of unbranched alkanes of at least 4 members (excludes halogenated alkanes) is 33. The zero-order chi connectivity index (χ0) is 43.0. The molecule has 59 heavy (non-hydrogen) atoms. The molecule has 0 aromatic rings. The third kappa shape index (κ3) is 45.7. The van der Waals surface area contributed by atoms with E-state index in [0.29, 0.717) is 25.9 Å². The zero-order valence-corrected chi connectivity index (χ0v) is 39.5. The number of allylic oxidation sites excluding steroid dienone is 4. The maximum Gasteiger partial charge on any atom is 0.305 e. The standard InChI is InChI=1S/C53H101NO5/c1-3-5-7-9-11-13-15-17-18-19-20-21-22-23-24-25-26-29-33-37-41-45-51(56)50(49-55)54-52(57)46-42-38-34-30-28-32-36-40-44-48-59-53(58)47-43-39-35-31-27-16-14-12-10-8-6-4-2/h12,14,30,34,50-51,55-56H,3-11,13,15-29,31-33,35-49H2,1-2H3,(H,54,57)/b14-12-,34-30-. The highest BCUT2D eigenvalue weighted by Crippen LogP contribution is 2.16. The van der Waals surface area contributed by atoms with E-state index >= 15 is 0 Å². The lowest BCUT2D eigenvalue weighted by Crippen LogP contribution is -2.45. The van der Waals surface area contributed by atoms with Crippen LogP contribution in [-0.4, -0.2) is 47.4 Å². The van der Waals surface area contributed by atoms with E-state index in [1.165, 1.54) is 173 Å². The van der Waals surface area contributed by atoms with Crippen LogP contribution >= 0.6 is 0 Å². The molecule has 2 unspecified atom stereocenters. The first kappa shape index (κ1) is 57.3. The zero-order valence-electron chi connectivity index (χ0n) is 39.5. The van der Waals surface area contributed by atoms with Gasteiger partial charge in [0.15, 0.2) is 0 Å². The van der Waals surface area contributed by atoms with Crippen molar-refractivity contribution in [1.29, 1.82) is 0 Å². The van der Waals surface area contributed by atoms with Gasteiger partial charge < -0.3 is 20.3 Å². The predicted octanol–water partition coefficient (Wildman–Crippen LogP) is 15.5. The van der Waals surface area contributed by atoms with Crippen LogP contribution in [0.4, 0.5) is 0 Å². The first-order chi connectivity index (χ1) is 29.0. The summed E-state index contributed by atoms with van der Waals surface area (Å²) < 4.78 is 5.42. The average Bonchev–Trinajstić information content (AvgIpc) is 3.24. The van der Waals surface area contributed by atoms with Crippen LogP contribution in [0.1, 0.15) is 277 Å². The van der Waals surface area contributed by atoms with Crippen molar-refractivity contribution in [2.75, 3.05) is 13.2 Å². The normalized spacial score (nSPS) is 12.8. The Labute approximate surface area is 367 Å². The van der Waals surface area contributed by atoms with Gasteiger partial charge in [0.05, 0.1) is 25.4 Å². The van der Waals surface area contributed by atoms with Crippen LogP contribution in [-0.2, 0) is 14.3 Å². The molecule has 0 aromatic carbocycles. The van der Waals surface area contributed by atoms with Crippen LogP contribution in [0.5, 0.6) is 0 Å². The van der Waals surface area contributed by atoms with Gasteiger partial charge in [0.1, 0.15) is 0 Å². The van der Waals surface area contributed by atoms with Crippen molar-refractivity contribution in [3.05, 3.63) is 24.3 Å². The first-order valence-electron chi connectivity index (χ1n) is 26.1. The second kappa shape index (κ2) is 49.0. The minimum atomic E-state index is -0.696. The summed E-state index contributed by atoms with van der Waals surface area (Å²) >= 11 is 0. The molecule has 3 N–H and O–H groups in total. The molecule has 0 aliphatic heterocycles. The van der Waals surface area contributed by atoms with Crippen molar-refractivity contribution in [2.45, 2.75) is 289 Å². The van der Waals surface area contributed by atoms with Crippen LogP contribution < -0.4 is 5.32 Å². The van der Waals surface area contributed by atoms with E-state index in [4.69, 9.17) is 4.74 Å². The quantitative estimate of drug-likeness (QED) is 0.0322. The molecule has 6 heteroatoms. The Hall–Kier alpha value is -1.66. The van der Waals surface area contributed by atoms with Crippen molar-refractivity contribution >= 4 is 11.9 Å². The summed E-state index contributed by atoms with van der Waals surface area (Å²) in [7, 11) is 0. The molecule has 0 rings (SSSR count). The van der Waals surface area contributed by atoms with Gasteiger partial charge >= 0.3 is 5.97 Å². The number of nitrogens with one attached hydrogen (secondary N) is 1. The van der Waals surface area contributed by atoms with Crippen molar-refractivity contribution in [1.82, 2.24) is 5.32 Å². The molecule has 0 saturated heterocycles. The Morgan fingerprint density at radius 1 is 0.458 bits per heavy atom. The van der Waals surface area contributed by atoms with Gasteiger partial charge in [-0.3, -0.25) is 9.59 Å². The SMILES string of the molecule is CCCCC/C=C\CCCCCCCC(=O)OCCCCCC/C=C\CCCC(=O)NC(CO)C(O)CCCCCCCCCCCCCCCCCCCCCCC. The Morgan fingerprint density at radius 3 is 1.27 bits per heavy atom. The van der Waals surface area contributed by atoms with Gasteiger partial charge in [-0.25, -0.2) is 0 Å². The van der Waals surface area contributed by atoms with Crippen LogP contribution in [0.2, 0.25) is 0 Å². The number of rotatable bonds is 48. The minimum Gasteiger partial charge on any atom is -0.466 e. The lowest BCUT2D eigenvalue weighted by molar-refractivity contribution is -0.143. The summed E-state index contributed by atoms with van der Waals surface area (Å²) in [5.41, 5.74) is 0. The summed E-state index contributed by atoms with van der Waals surface area (Å²) in [4.78, 5) is 24.4. The van der Waals surface area contributed by atoms with E-state index in [1.807, 2.05) is 0 Å². The number of carbonyl (C=O) groups excluding carboxylic acids is 2. The van der Waals surface area contributed by atoms with Crippen LogP contribution in [0.3, 0.4) is 0 Å². The monoisotopic (exact) mass is 832 g/mol. The van der Waals surface area contributed by atoms with Crippen molar-refractivity contribution in [3.63, 3.8) is 0 Å². The summed E-state index contributed by atoms with van der Waals surface area (Å²) in [6.07, 6.45) is 57.3. The molecule has 0 heterocycles. The molecule has 0 aliphatic rings. The van der Waals surface area contributed by atoms with Gasteiger partial charge in [-0.2, -0.15) is 0 Å². The fourth-order valence-electron chi connectivity index (χ4n) is 7.93. The number of ether oxygens (including phenoxy) is 1. The summed E-state index contributed by atoms with van der Waals surface area (Å²) in [5, 5.41) is 23.2. The van der Waals surface area contributed by atoms with Crippen LogP contribution in [0, 0.1) is 0 Å². The molecule has 0 aliphatic carbocycles. The van der Waals surface area contributed by atoms with E-state index < -0.39 is 12.1 Å². The second-order valence-electron chi connectivity index (χ2n) is 17.8. The molecule has 0 saturated carbocycles. The lowest BCUT2D eigenvalue weighted by Gasteiger charge is -2.22. The number of hydrogen-bond donors (Lipinski definition) is 3. The summed E-state index contributed by atoms with van der Waals surface area (Å²) in [6, 6.07) is -0.580. The highest BCUT2D eigenvalue weighted by Gasteiger charge is 2.20. The number of carbonyl (C=O) groups is 2. The fraction of sp³-hybridized carbons (Fsp3) is 0.887. The van der Waals surface area contributed by atoms with E-state index in [2.05, 4.69) is 43.5 Å². The molecule has 0 spiro atoms. The first-order valence-corrected chi connectivity index (χ1v) is 26.1. The number of aliphatic hydroxyl groups excluding tert-OH is 2. The van der Waals surface area contributed by atoms with Gasteiger partial charge in [0.2, 0.25) is 5.91 Å². The Bertz CT molecular complexity index is 920. The van der Waals surface area contributed by atoms with Crippen molar-refractivity contribution in [2.24, 2.45) is 0 Å². The van der Waals surface area contributed by atoms with E-state index in [9.17, 15) is 19.8 Å². The average molecular weight is 832 g/mol. The molecular formula is C53H101NO5. The number of aliphatic hydroxyl groups is 2. The van der Waals surface area contributed by atoms with Crippen LogP contribution in [0.15, 0.2) is 24.3 Å². The molecule has 0 fully saturated rings. The number of amides is 1. The molecule has 0 radical (unpaired) electrons. The van der Waals surface area contributed by atoms with E-state index in [-0.39, 0.29) is 18.5 Å². The van der Waals surface area contributed by atoms with E-state index in [1.54, 1.807) is 0 Å². The van der Waals surface area contributed by atoms with Crippen LogP contribution in [0.25, 0.3) is 0 Å². The molecule has 0 bridgehead atoms. The third-order valence-electron chi connectivity index (χ3n) is 12.0. The number of esters is 1. The fourth-order valence-corrected chi connectivity index (χ4v) is 7.93. The van der Waals surface area contributed by atoms with Crippen molar-refractivity contribution in [3.8, 4) is 0 Å². The van der Waals surface area contributed by atoms with Gasteiger partial charge in [-0.1, -0.05) is 218 Å². The summed E-state index contributed by atoms with van der Waals surface area (Å²) in [6.45, 7) is 4.84. The molecule has 2 atom stereocenters. The van der Waals surface area contributed by atoms with Gasteiger partial charge in [-0.15, -0.1) is 0 Å². The highest BCUT2D eigenvalue weighted by atomic mass is 16.5. The molecule has 348 valence electrons. The minimum absolute atomic E-state index is 0.0454. The largest absolute Gasteiger partial charge is 0.466 e. The second-order valence-corrected chi connectivity index (χ2v) is 17.8. The van der Waals surface area contributed by atoms with Crippen molar-refractivity contribution < 1.29 is 24.5 Å². The molecular weight excluding hydrogens is 731 g/mol. The summed E-state index contributed by atoms with van der Waals surface area (Å²) in [5.74, 6) is -0.140. The Morgan fingerprint density at radius 2 is 0.814 bits per heavy atom. The number of hydrogen-bond acceptors (Lipinski definition) is 5. The van der Waals surface area contributed by atoms with Gasteiger partial charge in [0.25, 0.3) is 0 Å². The van der Waals surface area contributed by atoms with Gasteiger partial charge in [-0.05, 0) is 70.6 Å². The topological polar surface area (TPSA) is 95.9 Å². The lowest BCUT2D eigenvalue weighted by atomic mass is 10.0. The highest BCUT2D eigenvalue weighted by molar-refractivity contribution is 5.76. The molecule has 0 aromatic heterocycles. The predicted molar refractivity (Wildman–Crippen MR) is 255 cm³/mol. The maximum atomic E-state index is 12.4. The smallest absolute Gasteiger partial charge is 0.305 e. The Kier molecular flexibility index (Phi) is 47.6. The van der Waals surface area contributed by atoms with Gasteiger partial charge in [0, 0.05) is 12.8 Å². The molecule has 6 nitrogen and oxygen atoms in total.